The molecule has 1 saturated carbocycles. The van der Waals surface area contributed by atoms with E-state index in [4.69, 9.17) is 4.74 Å². The number of halogens is 2. The van der Waals surface area contributed by atoms with Crippen molar-refractivity contribution < 1.29 is 27.0 Å². The zero-order chi connectivity index (χ0) is 15.4. The molecule has 1 atom stereocenters. The Morgan fingerprint density at radius 1 is 1.43 bits per heavy atom. The number of ether oxygens (including phenoxy) is 1. The zero-order valence-corrected chi connectivity index (χ0v) is 13.1. The monoisotopic (exact) mass is 338 g/mol. The molecule has 1 aromatic heterocycles. The van der Waals surface area contributed by atoms with Crippen molar-refractivity contribution in [3.05, 3.63) is 11.1 Å². The zero-order valence-electron chi connectivity index (χ0n) is 11.4. The molecule has 2 aliphatic carbocycles. The van der Waals surface area contributed by atoms with Gasteiger partial charge in [-0.2, -0.15) is 0 Å². The smallest absolute Gasteiger partial charge is 0.281 e. The molecule has 0 aliphatic heterocycles. The third kappa shape index (κ3) is 2.57. The Labute approximate surface area is 125 Å². The number of hydrogen-bond acceptors (Lipinski definition) is 5. The highest BCUT2D eigenvalue weighted by molar-refractivity contribution is 7.92. The lowest BCUT2D eigenvalue weighted by atomic mass is 9.86. The predicted octanol–water partition coefficient (Wildman–Crippen LogP) is 2.56. The number of fused-ring (bicyclic) bond motifs is 1. The Balaban J connectivity index is 1.97. The fourth-order valence-electron chi connectivity index (χ4n) is 2.67. The van der Waals surface area contributed by atoms with Gasteiger partial charge in [0.25, 0.3) is 5.92 Å². The summed E-state index contributed by atoms with van der Waals surface area (Å²) in [6.07, 6.45) is 1.45. The van der Waals surface area contributed by atoms with Gasteiger partial charge in [-0.25, -0.2) is 17.2 Å². The van der Waals surface area contributed by atoms with E-state index >= 15 is 0 Å². The van der Waals surface area contributed by atoms with Crippen molar-refractivity contribution in [2.45, 2.75) is 41.9 Å². The minimum atomic E-state index is -3.68. The highest BCUT2D eigenvalue weighted by Gasteiger charge is 2.52. The second-order valence-corrected chi connectivity index (χ2v) is 8.98. The molecule has 4 nitrogen and oxygen atoms in total. The van der Waals surface area contributed by atoms with E-state index in [0.717, 1.165) is 36.9 Å². The number of rotatable bonds is 4. The molecule has 2 aliphatic rings. The maximum Gasteiger partial charge on any atom is 0.281 e. The van der Waals surface area contributed by atoms with Gasteiger partial charge in [-0.1, -0.05) is 17.8 Å². The van der Waals surface area contributed by atoms with Gasteiger partial charge in [0.05, 0.1) is 6.61 Å². The Kier molecular flexibility index (Phi) is 3.53. The lowest BCUT2D eigenvalue weighted by molar-refractivity contribution is -0.0976. The SMILES string of the molecule is CS(=O)(=O)c1sc(OCC2CCC2)c2c1[C@H](O)C(F)(F)C2. The number of sulfone groups is 1. The second kappa shape index (κ2) is 4.89. The van der Waals surface area contributed by atoms with Crippen molar-refractivity contribution >= 4 is 21.2 Å². The average molecular weight is 338 g/mol. The quantitative estimate of drug-likeness (QED) is 0.916. The number of thiophene rings is 1. The first-order valence-electron chi connectivity index (χ1n) is 6.74. The van der Waals surface area contributed by atoms with Gasteiger partial charge in [0.2, 0.25) is 0 Å². The fourth-order valence-corrected chi connectivity index (χ4v) is 5.08. The van der Waals surface area contributed by atoms with E-state index in [1.54, 1.807) is 0 Å². The largest absolute Gasteiger partial charge is 0.483 e. The average Bonchev–Trinajstić information content (AvgIpc) is 2.74. The van der Waals surface area contributed by atoms with Gasteiger partial charge >= 0.3 is 0 Å². The number of alkyl halides is 2. The van der Waals surface area contributed by atoms with Crippen molar-refractivity contribution in [1.29, 1.82) is 0 Å². The standard InChI is InChI=1S/C13H16F2O4S2/c1-21(17,18)12-9-8(5-13(14,15)10(9)16)11(20-12)19-6-7-3-2-4-7/h7,10,16H,2-6H2,1H3/t10-/m0/s1. The molecular weight excluding hydrogens is 322 g/mol. The third-order valence-corrected chi connectivity index (χ3v) is 7.08. The summed E-state index contributed by atoms with van der Waals surface area (Å²) in [4.78, 5) is 0. The van der Waals surface area contributed by atoms with Gasteiger partial charge in [-0.05, 0) is 18.8 Å². The van der Waals surface area contributed by atoms with Gasteiger partial charge < -0.3 is 9.84 Å². The topological polar surface area (TPSA) is 63.6 Å². The molecule has 0 aromatic carbocycles. The maximum absolute atomic E-state index is 13.7. The summed E-state index contributed by atoms with van der Waals surface area (Å²) in [6.45, 7) is 0.415. The van der Waals surface area contributed by atoms with E-state index < -0.39 is 28.3 Å². The predicted molar refractivity (Wildman–Crippen MR) is 73.9 cm³/mol. The van der Waals surface area contributed by atoms with Crippen LogP contribution in [0.2, 0.25) is 0 Å². The first-order chi connectivity index (χ1) is 9.70. The summed E-state index contributed by atoms with van der Waals surface area (Å²) >= 11 is 0.846. The summed E-state index contributed by atoms with van der Waals surface area (Å²) < 4.78 is 56.3. The summed E-state index contributed by atoms with van der Waals surface area (Å²) in [6, 6.07) is 0. The Bertz CT molecular complexity index is 662. The highest BCUT2D eigenvalue weighted by atomic mass is 32.2. The van der Waals surface area contributed by atoms with Crippen LogP contribution < -0.4 is 4.74 Å². The van der Waals surface area contributed by atoms with Crippen LogP contribution in [0, 0.1) is 5.92 Å². The summed E-state index contributed by atoms with van der Waals surface area (Å²) in [5.74, 6) is -2.93. The first kappa shape index (κ1) is 15.2. The molecule has 8 heteroatoms. The third-order valence-electron chi connectivity index (χ3n) is 4.07. The van der Waals surface area contributed by atoms with Crippen molar-refractivity contribution in [1.82, 2.24) is 0 Å². The van der Waals surface area contributed by atoms with Crippen molar-refractivity contribution in [3.8, 4) is 5.06 Å². The van der Waals surface area contributed by atoms with Crippen LogP contribution in [0.3, 0.4) is 0 Å². The van der Waals surface area contributed by atoms with Gasteiger partial charge in [0, 0.05) is 23.8 Å². The van der Waals surface area contributed by atoms with Crippen molar-refractivity contribution in [3.63, 3.8) is 0 Å². The van der Waals surface area contributed by atoms with Crippen LogP contribution in [0.4, 0.5) is 8.78 Å². The number of aliphatic hydroxyl groups is 1. The maximum atomic E-state index is 13.7. The Hall–Kier alpha value is -0.730. The molecule has 1 aromatic rings. The lowest BCUT2D eigenvalue weighted by Gasteiger charge is -2.24. The van der Waals surface area contributed by atoms with Crippen LogP contribution in [-0.2, 0) is 16.3 Å². The first-order valence-corrected chi connectivity index (χ1v) is 9.45. The summed E-state index contributed by atoms with van der Waals surface area (Å²) in [7, 11) is -3.68. The molecule has 118 valence electrons. The van der Waals surface area contributed by atoms with E-state index in [9.17, 15) is 22.3 Å². The molecule has 1 heterocycles. The number of hydrogen-bond donors (Lipinski definition) is 1. The van der Waals surface area contributed by atoms with E-state index in [2.05, 4.69) is 0 Å². The second-order valence-electron chi connectivity index (χ2n) is 5.79. The van der Waals surface area contributed by atoms with E-state index in [1.807, 2.05) is 0 Å². The molecule has 0 saturated heterocycles. The van der Waals surface area contributed by atoms with E-state index in [0.29, 0.717) is 12.5 Å². The van der Waals surface area contributed by atoms with Crippen LogP contribution in [0.15, 0.2) is 4.21 Å². The van der Waals surface area contributed by atoms with Gasteiger partial charge in [0.1, 0.15) is 10.3 Å². The Morgan fingerprint density at radius 2 is 2.10 bits per heavy atom. The van der Waals surface area contributed by atoms with Gasteiger partial charge in [-0.3, -0.25) is 0 Å². The molecule has 1 N–H and O–H groups in total. The minimum Gasteiger partial charge on any atom is -0.483 e. The lowest BCUT2D eigenvalue weighted by Crippen LogP contribution is -2.22. The molecular formula is C13H16F2O4S2. The van der Waals surface area contributed by atoms with Crippen molar-refractivity contribution in [2.24, 2.45) is 5.92 Å². The molecule has 1 fully saturated rings. The molecule has 0 unspecified atom stereocenters. The molecule has 0 spiro atoms. The molecule has 0 amide bonds. The Morgan fingerprint density at radius 3 is 2.62 bits per heavy atom. The fraction of sp³-hybridized carbons (Fsp3) is 0.692. The van der Waals surface area contributed by atoms with E-state index in [1.165, 1.54) is 0 Å². The molecule has 0 radical (unpaired) electrons. The normalized spacial score (nSPS) is 24.7. The summed E-state index contributed by atoms with van der Waals surface area (Å²) in [5, 5.41) is 9.95. The van der Waals surface area contributed by atoms with Crippen molar-refractivity contribution in [2.75, 3.05) is 12.9 Å². The number of aliphatic hydroxyl groups excluding tert-OH is 1. The van der Waals surface area contributed by atoms with Crippen LogP contribution in [0.5, 0.6) is 5.06 Å². The molecule has 21 heavy (non-hydrogen) atoms. The van der Waals surface area contributed by atoms with Crippen LogP contribution >= 0.6 is 11.3 Å². The van der Waals surface area contributed by atoms with Crippen LogP contribution in [-0.4, -0.2) is 32.3 Å². The van der Waals surface area contributed by atoms with E-state index in [-0.39, 0.29) is 20.4 Å². The molecule has 3 rings (SSSR count). The van der Waals surface area contributed by atoms with Gasteiger partial charge in [-0.15, -0.1) is 0 Å². The minimum absolute atomic E-state index is 0.150. The van der Waals surface area contributed by atoms with Crippen LogP contribution in [0.1, 0.15) is 36.5 Å². The van der Waals surface area contributed by atoms with Gasteiger partial charge in [0.15, 0.2) is 14.9 Å². The van der Waals surface area contributed by atoms with Crippen LogP contribution in [0.25, 0.3) is 0 Å². The highest BCUT2D eigenvalue weighted by Crippen LogP contribution is 2.53. The molecule has 0 bridgehead atoms. The summed E-state index contributed by atoms with van der Waals surface area (Å²) in [5.41, 5.74) is -0.0200.